The van der Waals surface area contributed by atoms with Crippen molar-refractivity contribution in [2.45, 2.75) is 32.6 Å². The molecule has 8 heteroatoms. The number of fused-ring (bicyclic) bond motifs is 3. The zero-order valence-corrected chi connectivity index (χ0v) is 15.3. The number of benzene rings is 1. The Morgan fingerprint density at radius 3 is 2.85 bits per heavy atom. The van der Waals surface area contributed by atoms with Crippen molar-refractivity contribution in [1.29, 1.82) is 0 Å². The molecule has 1 atom stereocenters. The van der Waals surface area contributed by atoms with Gasteiger partial charge in [0.1, 0.15) is 11.3 Å². The second-order valence-corrected chi connectivity index (χ2v) is 6.84. The minimum atomic E-state index is -0.645. The molecule has 4 N–H and O–H groups in total. The Morgan fingerprint density at radius 2 is 2.11 bits per heavy atom. The van der Waals surface area contributed by atoms with Crippen molar-refractivity contribution < 1.29 is 9.84 Å². The number of pyridine rings is 1. The Balaban J connectivity index is 1.70. The molecule has 0 spiro atoms. The minimum absolute atomic E-state index is 0.0730. The normalized spacial score (nSPS) is 13.0. The third-order valence-electron chi connectivity index (χ3n) is 4.35. The van der Waals surface area contributed by atoms with Crippen molar-refractivity contribution in [3.63, 3.8) is 0 Å². The van der Waals surface area contributed by atoms with E-state index in [1.165, 1.54) is 0 Å². The fraction of sp³-hybridized carbons (Fsp3) is 0.316. The molecule has 0 bridgehead atoms. The van der Waals surface area contributed by atoms with Crippen LogP contribution in [0.3, 0.4) is 0 Å². The summed E-state index contributed by atoms with van der Waals surface area (Å²) in [7, 11) is 0. The van der Waals surface area contributed by atoms with Crippen molar-refractivity contribution in [2.24, 2.45) is 0 Å². The quantitative estimate of drug-likeness (QED) is 0.482. The predicted molar refractivity (Wildman–Crippen MR) is 104 cm³/mol. The fourth-order valence-corrected chi connectivity index (χ4v) is 3.07. The molecule has 0 aliphatic heterocycles. The van der Waals surface area contributed by atoms with E-state index in [0.717, 1.165) is 33.1 Å². The van der Waals surface area contributed by atoms with Gasteiger partial charge in [-0.15, -0.1) is 0 Å². The highest BCUT2D eigenvalue weighted by molar-refractivity contribution is 6.08. The van der Waals surface area contributed by atoms with Crippen LogP contribution in [0.2, 0.25) is 0 Å². The molecule has 3 heterocycles. The van der Waals surface area contributed by atoms with Crippen LogP contribution in [0.5, 0.6) is 0 Å². The van der Waals surface area contributed by atoms with Crippen LogP contribution in [0.1, 0.15) is 13.8 Å². The third-order valence-corrected chi connectivity index (χ3v) is 4.35. The highest BCUT2D eigenvalue weighted by Gasteiger charge is 2.14. The van der Waals surface area contributed by atoms with E-state index in [2.05, 4.69) is 20.3 Å². The lowest BCUT2D eigenvalue weighted by atomic mass is 10.1. The number of aromatic amines is 1. The summed E-state index contributed by atoms with van der Waals surface area (Å²) in [6.45, 7) is 4.46. The number of H-pyrrole nitrogens is 1. The molecule has 27 heavy (non-hydrogen) atoms. The van der Waals surface area contributed by atoms with E-state index in [1.807, 2.05) is 44.3 Å². The Labute approximate surface area is 156 Å². The molecule has 140 valence electrons. The lowest BCUT2D eigenvalue weighted by Crippen LogP contribution is -2.24. The number of nitrogens with one attached hydrogen (secondary N) is 1. The van der Waals surface area contributed by atoms with Crippen molar-refractivity contribution in [3.8, 4) is 11.3 Å². The number of nitrogens with two attached hydrogens (primary N) is 1. The zero-order valence-electron chi connectivity index (χ0n) is 15.3. The first-order valence-corrected chi connectivity index (χ1v) is 8.87. The summed E-state index contributed by atoms with van der Waals surface area (Å²) in [4.78, 5) is 4.53. The lowest BCUT2D eigenvalue weighted by molar-refractivity contribution is -0.00194. The van der Waals surface area contributed by atoms with Crippen molar-refractivity contribution in [2.75, 3.05) is 12.3 Å². The van der Waals surface area contributed by atoms with E-state index in [-0.39, 0.29) is 12.7 Å². The first-order chi connectivity index (χ1) is 13.0. The van der Waals surface area contributed by atoms with Crippen LogP contribution in [-0.4, -0.2) is 48.9 Å². The maximum Gasteiger partial charge on any atom is 0.135 e. The van der Waals surface area contributed by atoms with Crippen LogP contribution in [-0.2, 0) is 11.3 Å². The van der Waals surface area contributed by atoms with Crippen molar-refractivity contribution in [1.82, 2.24) is 25.0 Å². The Kier molecular flexibility index (Phi) is 4.51. The molecule has 0 saturated heterocycles. The first-order valence-electron chi connectivity index (χ1n) is 8.87. The second kappa shape index (κ2) is 6.98. The molecule has 8 nitrogen and oxygen atoms in total. The molecule has 1 aromatic carbocycles. The number of aromatic nitrogens is 5. The van der Waals surface area contributed by atoms with Crippen LogP contribution in [0, 0.1) is 0 Å². The molecule has 0 fully saturated rings. The van der Waals surface area contributed by atoms with E-state index in [9.17, 15) is 5.11 Å². The predicted octanol–water partition coefficient (Wildman–Crippen LogP) is 2.34. The summed E-state index contributed by atoms with van der Waals surface area (Å²) in [6.07, 6.45) is 3.02. The van der Waals surface area contributed by atoms with Crippen molar-refractivity contribution >= 4 is 27.6 Å². The number of ether oxygens (including phenoxy) is 1. The van der Waals surface area contributed by atoms with Gasteiger partial charge in [0.2, 0.25) is 0 Å². The number of aliphatic hydroxyl groups is 1. The van der Waals surface area contributed by atoms with E-state index in [0.29, 0.717) is 12.4 Å². The summed E-state index contributed by atoms with van der Waals surface area (Å²) in [6, 6.07) is 7.81. The molecule has 0 saturated carbocycles. The topological polar surface area (TPSA) is 115 Å². The van der Waals surface area contributed by atoms with Crippen LogP contribution >= 0.6 is 0 Å². The highest BCUT2D eigenvalue weighted by Crippen LogP contribution is 2.29. The zero-order chi connectivity index (χ0) is 19.0. The second-order valence-electron chi connectivity index (χ2n) is 6.84. The summed E-state index contributed by atoms with van der Waals surface area (Å²) in [5.74, 6) is 0.413. The number of rotatable bonds is 6. The molecule has 3 aromatic heterocycles. The largest absolute Gasteiger partial charge is 0.389 e. The number of nitrogens with zero attached hydrogens (tertiary/aromatic N) is 4. The van der Waals surface area contributed by atoms with E-state index in [1.54, 1.807) is 10.9 Å². The number of nitrogen functional groups attached to an aromatic ring is 1. The summed E-state index contributed by atoms with van der Waals surface area (Å²) < 4.78 is 7.15. The van der Waals surface area contributed by atoms with Crippen LogP contribution in [0.4, 0.5) is 5.82 Å². The maximum atomic E-state index is 10.2. The van der Waals surface area contributed by atoms with E-state index in [4.69, 9.17) is 10.5 Å². The van der Waals surface area contributed by atoms with Gasteiger partial charge in [-0.25, -0.2) is 4.98 Å². The molecule has 0 amide bonds. The average molecular weight is 366 g/mol. The van der Waals surface area contributed by atoms with Crippen LogP contribution < -0.4 is 5.73 Å². The van der Waals surface area contributed by atoms with Gasteiger partial charge in [-0.05, 0) is 32.0 Å². The first kappa shape index (κ1) is 17.4. The van der Waals surface area contributed by atoms with Gasteiger partial charge in [0.25, 0.3) is 0 Å². The Hall–Kier alpha value is -2.97. The van der Waals surface area contributed by atoms with Gasteiger partial charge in [-0.1, -0.05) is 6.07 Å². The van der Waals surface area contributed by atoms with Gasteiger partial charge in [-0.2, -0.15) is 10.2 Å². The molecule has 0 aliphatic rings. The number of aliphatic hydroxyl groups excluding tert-OH is 1. The maximum absolute atomic E-state index is 10.2. The van der Waals surface area contributed by atoms with Gasteiger partial charge < -0.3 is 15.6 Å². The Bertz CT molecular complexity index is 1070. The third kappa shape index (κ3) is 3.49. The monoisotopic (exact) mass is 366 g/mol. The molecule has 4 aromatic rings. The molecule has 1 unspecified atom stereocenters. The average Bonchev–Trinajstić information content (AvgIpc) is 3.29. The van der Waals surface area contributed by atoms with Gasteiger partial charge >= 0.3 is 0 Å². The standard InChI is InChI=1S/C19H22N6O2/c1-11(2)27-10-13(26)8-25-9-15-18(24-25)14-4-3-12(16-5-6-21-23-16)7-17(14)22-19(15)20/h3-7,9,11,13,26H,8,10H2,1-2H3,(H2,20,22)(H,21,23). The van der Waals surface area contributed by atoms with Crippen LogP contribution in [0.25, 0.3) is 33.1 Å². The van der Waals surface area contributed by atoms with Gasteiger partial charge in [0.15, 0.2) is 0 Å². The fourth-order valence-electron chi connectivity index (χ4n) is 3.07. The van der Waals surface area contributed by atoms with E-state index >= 15 is 0 Å². The number of hydrogen-bond acceptors (Lipinski definition) is 6. The van der Waals surface area contributed by atoms with Crippen molar-refractivity contribution in [3.05, 3.63) is 36.7 Å². The van der Waals surface area contributed by atoms with Gasteiger partial charge in [-0.3, -0.25) is 9.78 Å². The number of anilines is 1. The SMILES string of the molecule is CC(C)OCC(O)Cn1cc2c(N)nc3cc(-c4cc[nH]n4)ccc3c2n1. The minimum Gasteiger partial charge on any atom is -0.389 e. The van der Waals surface area contributed by atoms with Gasteiger partial charge in [0.05, 0.1) is 42.0 Å². The highest BCUT2D eigenvalue weighted by atomic mass is 16.5. The molecule has 0 aliphatic carbocycles. The number of hydrogen-bond donors (Lipinski definition) is 3. The summed E-state index contributed by atoms with van der Waals surface area (Å²) >= 11 is 0. The Morgan fingerprint density at radius 1 is 1.26 bits per heavy atom. The summed E-state index contributed by atoms with van der Waals surface area (Å²) in [5, 5.41) is 23.5. The molecule has 4 rings (SSSR count). The molecule has 0 radical (unpaired) electrons. The molecular weight excluding hydrogens is 344 g/mol. The van der Waals surface area contributed by atoms with E-state index < -0.39 is 6.10 Å². The smallest absolute Gasteiger partial charge is 0.135 e. The summed E-state index contributed by atoms with van der Waals surface area (Å²) in [5.41, 5.74) is 9.48. The lowest BCUT2D eigenvalue weighted by Gasteiger charge is -2.13. The van der Waals surface area contributed by atoms with Gasteiger partial charge in [0, 0.05) is 23.3 Å². The van der Waals surface area contributed by atoms with Crippen LogP contribution in [0.15, 0.2) is 36.7 Å². The molecular formula is C19H22N6O2.